The first-order valence-electron chi connectivity index (χ1n) is 9.96. The average Bonchev–Trinajstić information content (AvgIpc) is 2.78. The summed E-state index contributed by atoms with van der Waals surface area (Å²) in [7, 11) is -3.48. The third kappa shape index (κ3) is 6.20. The van der Waals surface area contributed by atoms with E-state index in [2.05, 4.69) is 12.2 Å². The maximum atomic E-state index is 12.0. The molecule has 0 radical (unpaired) electrons. The van der Waals surface area contributed by atoms with Crippen LogP contribution < -0.4 is 27.7 Å². The number of hydrogen-bond acceptors (Lipinski definition) is 4. The first-order chi connectivity index (χ1) is 15.8. The summed E-state index contributed by atoms with van der Waals surface area (Å²) in [6.45, 7) is 0. The predicted molar refractivity (Wildman–Crippen MR) is 128 cm³/mol. The van der Waals surface area contributed by atoms with Gasteiger partial charge in [-0.15, -0.1) is 0 Å². The molecule has 33 heavy (non-hydrogen) atoms. The molecule has 0 saturated heterocycles. The standard InChI is InChI=1S/C18H15OSi.3CH2ClNO.Zn/c19-20(16-10-4-1-5-11-16,17-12-6-2-7-13-17)18-14-8-3-9-15-18;3*2-1(3)4;/h1-15H;3*(H2,3,4);/q-1;;;;+4/p-3. The number of benzene rings is 3. The van der Waals surface area contributed by atoms with Crippen molar-refractivity contribution in [1.29, 1.82) is 0 Å². The molecule has 0 aliphatic carbocycles. The van der Waals surface area contributed by atoms with Crippen LogP contribution >= 0.6 is 34.8 Å². The van der Waals surface area contributed by atoms with Gasteiger partial charge >= 0.3 is 211 Å². The van der Waals surface area contributed by atoms with Crippen LogP contribution in [0, 0.1) is 0 Å². The molecule has 7 nitrogen and oxygen atoms in total. The molecule has 0 spiro atoms. The molecule has 0 heterocycles. The predicted octanol–water partition coefficient (Wildman–Crippen LogP) is 3.33. The average molecular weight is 576 g/mol. The molecule has 3 amide bonds. The van der Waals surface area contributed by atoms with Gasteiger partial charge in [0.25, 0.3) is 0 Å². The molecule has 0 atom stereocenters. The molecule has 3 N–H and O–H groups in total. The quantitative estimate of drug-likeness (QED) is 0.166. The Kier molecular flexibility index (Phi) is 8.64. The van der Waals surface area contributed by atoms with Gasteiger partial charge in [-0.25, -0.2) is 0 Å². The van der Waals surface area contributed by atoms with E-state index in [1.54, 1.807) is 0 Å². The number of carbonyl (C=O) groups is 3. The first-order valence-corrected chi connectivity index (χ1v) is 18.7. The molecule has 0 saturated carbocycles. The van der Waals surface area contributed by atoms with Gasteiger partial charge in [0.15, 0.2) is 0 Å². The summed E-state index contributed by atoms with van der Waals surface area (Å²) in [6.07, 6.45) is 0. The summed E-state index contributed by atoms with van der Waals surface area (Å²) >= 11 is 11.5. The van der Waals surface area contributed by atoms with Crippen molar-refractivity contribution in [3.05, 3.63) is 91.0 Å². The summed E-state index contributed by atoms with van der Waals surface area (Å²) in [5, 5.41) is -0.735. The van der Waals surface area contributed by atoms with Crippen LogP contribution in [0.1, 0.15) is 0 Å². The summed E-state index contributed by atoms with van der Waals surface area (Å²) in [4.78, 5) is 35.9. The molecule has 0 unspecified atom stereocenters. The van der Waals surface area contributed by atoms with E-state index in [1.165, 1.54) is 0 Å². The second kappa shape index (κ2) is 11.2. The zero-order chi connectivity index (χ0) is 23.9. The SMILES string of the molecule is O=C(Cl)[NH][Zn]([NH]C(=O)Cl)([NH]C(=O)Cl)[O][Si](c1ccccc1)(c1ccccc1)c1ccccc1. The molecule has 3 aromatic carbocycles. The van der Waals surface area contributed by atoms with Crippen molar-refractivity contribution in [2.75, 3.05) is 0 Å². The van der Waals surface area contributed by atoms with Crippen molar-refractivity contribution in [3.63, 3.8) is 0 Å². The Bertz CT molecular complexity index is 990. The van der Waals surface area contributed by atoms with E-state index in [1.807, 2.05) is 91.0 Å². The molecule has 168 valence electrons. The third-order valence-corrected chi connectivity index (χ3v) is 21.9. The molecular weight excluding hydrogens is 558 g/mol. The molecule has 12 heteroatoms. The van der Waals surface area contributed by atoms with Gasteiger partial charge in [-0.2, -0.15) is 0 Å². The van der Waals surface area contributed by atoms with Crippen LogP contribution in [-0.4, -0.2) is 24.4 Å². The van der Waals surface area contributed by atoms with Crippen LogP contribution in [0.3, 0.4) is 0 Å². The van der Waals surface area contributed by atoms with Crippen LogP contribution in [0.15, 0.2) is 91.0 Å². The fourth-order valence-corrected chi connectivity index (χ4v) is 22.8. The molecule has 0 fully saturated rings. The van der Waals surface area contributed by atoms with E-state index in [0.717, 1.165) is 15.6 Å². The van der Waals surface area contributed by atoms with Crippen molar-refractivity contribution < 1.29 is 33.5 Å². The first kappa shape index (κ1) is 25.4. The Morgan fingerprint density at radius 1 is 0.576 bits per heavy atom. The minimum atomic E-state index is -5.41. The Hall–Kier alpha value is -2.26. The summed E-state index contributed by atoms with van der Waals surface area (Å²) in [6, 6.07) is 28.0. The van der Waals surface area contributed by atoms with Gasteiger partial charge in [0.05, 0.1) is 0 Å². The molecule has 0 aliphatic rings. The zero-order valence-corrected chi connectivity index (χ0v) is 23.4. The molecule has 3 rings (SSSR count). The summed E-state index contributed by atoms with van der Waals surface area (Å²) in [5.41, 5.74) is 0. The molecule has 0 aromatic heterocycles. The van der Waals surface area contributed by atoms with Gasteiger partial charge in [-0.05, 0) is 0 Å². The molecular formula is C21H18Cl3N3O4SiZn. The Balaban J connectivity index is 2.37. The van der Waals surface area contributed by atoms with E-state index in [0.29, 0.717) is 0 Å². The van der Waals surface area contributed by atoms with Gasteiger partial charge in [0.1, 0.15) is 0 Å². The van der Waals surface area contributed by atoms with Crippen LogP contribution in [-0.2, 0) is 19.1 Å². The van der Waals surface area contributed by atoms with E-state index >= 15 is 0 Å². The van der Waals surface area contributed by atoms with Gasteiger partial charge in [-0.1, -0.05) is 0 Å². The van der Waals surface area contributed by atoms with Crippen molar-refractivity contribution in [2.45, 2.75) is 0 Å². The van der Waals surface area contributed by atoms with Crippen LogP contribution in [0.25, 0.3) is 0 Å². The number of rotatable bonds is 8. The van der Waals surface area contributed by atoms with E-state index in [-0.39, 0.29) is 0 Å². The fraction of sp³-hybridized carbons (Fsp3) is 0. The fourth-order valence-electron chi connectivity index (χ4n) is 3.92. The van der Waals surface area contributed by atoms with E-state index in [4.69, 9.17) is 38.1 Å². The topological polar surface area (TPSA) is 96.5 Å². The molecule has 3 aromatic rings. The Labute approximate surface area is 210 Å². The number of nitrogens with one attached hydrogen (secondary N) is 3. The summed E-state index contributed by atoms with van der Waals surface area (Å²) < 4.78 is 14.2. The van der Waals surface area contributed by atoms with E-state index in [9.17, 15) is 14.4 Å². The van der Waals surface area contributed by atoms with Crippen LogP contribution in [0.5, 0.6) is 0 Å². The molecule has 0 bridgehead atoms. The minimum absolute atomic E-state index is 0.794. The van der Waals surface area contributed by atoms with Crippen molar-refractivity contribution >= 4 is 74.8 Å². The normalized spacial score (nSPS) is 10.9. The van der Waals surface area contributed by atoms with Crippen molar-refractivity contribution in [3.8, 4) is 0 Å². The maximum absolute atomic E-state index is 12.0. The second-order valence-corrected chi connectivity index (χ2v) is 19.7. The van der Waals surface area contributed by atoms with Gasteiger partial charge in [0, 0.05) is 0 Å². The second-order valence-electron chi connectivity index (χ2n) is 7.24. The van der Waals surface area contributed by atoms with Crippen LogP contribution in [0.4, 0.5) is 14.4 Å². The van der Waals surface area contributed by atoms with Crippen LogP contribution in [0.2, 0.25) is 0 Å². The Morgan fingerprint density at radius 2 is 0.848 bits per heavy atom. The van der Waals surface area contributed by atoms with Crippen molar-refractivity contribution in [1.82, 2.24) is 12.2 Å². The van der Waals surface area contributed by atoms with Gasteiger partial charge in [-0.3, -0.25) is 0 Å². The van der Waals surface area contributed by atoms with Crippen molar-refractivity contribution in [2.24, 2.45) is 0 Å². The number of carbonyl (C=O) groups excluding carboxylic acids is 3. The Morgan fingerprint density at radius 3 is 1.09 bits per heavy atom. The van der Waals surface area contributed by atoms with Gasteiger partial charge in [0.2, 0.25) is 0 Å². The van der Waals surface area contributed by atoms with Gasteiger partial charge < -0.3 is 0 Å². The van der Waals surface area contributed by atoms with E-state index < -0.39 is 40.3 Å². The zero-order valence-electron chi connectivity index (χ0n) is 17.1. The monoisotopic (exact) mass is 573 g/mol. The number of hydrogen-bond donors (Lipinski definition) is 3. The third-order valence-electron chi connectivity index (χ3n) is 5.14. The number of amides is 3. The summed E-state index contributed by atoms with van der Waals surface area (Å²) in [5.74, 6) is 0. The molecule has 0 aliphatic heterocycles. The number of halogens is 3.